The van der Waals surface area contributed by atoms with E-state index in [9.17, 15) is 21.6 Å². The van der Waals surface area contributed by atoms with Gasteiger partial charge in [0.1, 0.15) is 5.25 Å². The van der Waals surface area contributed by atoms with Crippen LogP contribution in [0.4, 0.5) is 13.2 Å². The number of ether oxygens (including phenoxy) is 1. The summed E-state index contributed by atoms with van der Waals surface area (Å²) < 4.78 is 69.7. The third kappa shape index (κ3) is 2.50. The fraction of sp³-hybridized carbons (Fsp3) is 1.00. The van der Waals surface area contributed by atoms with Crippen LogP contribution in [-0.4, -0.2) is 49.4 Å². The first kappa shape index (κ1) is 15.1. The highest BCUT2D eigenvalue weighted by Gasteiger charge is 2.58. The van der Waals surface area contributed by atoms with E-state index in [-0.39, 0.29) is 19.6 Å². The summed E-state index contributed by atoms with van der Waals surface area (Å²) in [6.07, 6.45) is -4.20. The third-order valence-electron chi connectivity index (χ3n) is 4.13. The van der Waals surface area contributed by atoms with Gasteiger partial charge < -0.3 is 4.74 Å². The molecule has 0 aromatic carbocycles. The van der Waals surface area contributed by atoms with Gasteiger partial charge in [-0.1, -0.05) is 0 Å². The van der Waals surface area contributed by atoms with Crippen molar-refractivity contribution in [3.8, 4) is 0 Å². The lowest BCUT2D eigenvalue weighted by Crippen LogP contribution is -2.52. The van der Waals surface area contributed by atoms with Gasteiger partial charge in [0.25, 0.3) is 0 Å². The zero-order valence-corrected chi connectivity index (χ0v) is 11.7. The maximum Gasteiger partial charge on any atom is 0.393 e. The van der Waals surface area contributed by atoms with Gasteiger partial charge in [-0.05, 0) is 26.7 Å². The van der Waals surface area contributed by atoms with E-state index < -0.39 is 32.9 Å². The van der Waals surface area contributed by atoms with Crippen LogP contribution >= 0.6 is 0 Å². The SMILES string of the molecule is CC1(C)C(C(F)(F)F)CCN1S(=O)(=O)C1CCOC1. The third-order valence-corrected chi connectivity index (χ3v) is 6.61. The van der Waals surface area contributed by atoms with Gasteiger partial charge in [0.15, 0.2) is 0 Å². The van der Waals surface area contributed by atoms with Crippen LogP contribution in [0.1, 0.15) is 26.7 Å². The van der Waals surface area contributed by atoms with Gasteiger partial charge in [0.05, 0.1) is 12.5 Å². The topological polar surface area (TPSA) is 46.6 Å². The van der Waals surface area contributed by atoms with E-state index in [1.165, 1.54) is 13.8 Å². The number of hydrogen-bond donors (Lipinski definition) is 0. The number of alkyl halides is 3. The predicted octanol–water partition coefficient (Wildman–Crippen LogP) is 1.77. The Hall–Kier alpha value is -0.340. The van der Waals surface area contributed by atoms with Crippen LogP contribution in [0.25, 0.3) is 0 Å². The number of sulfonamides is 1. The number of nitrogens with zero attached hydrogens (tertiary/aromatic N) is 1. The molecule has 4 nitrogen and oxygen atoms in total. The van der Waals surface area contributed by atoms with Gasteiger partial charge in [0, 0.05) is 18.7 Å². The first-order valence-electron chi connectivity index (χ1n) is 6.24. The van der Waals surface area contributed by atoms with Gasteiger partial charge in [-0.25, -0.2) is 8.42 Å². The fourth-order valence-corrected chi connectivity index (χ4v) is 5.17. The molecule has 2 unspecified atom stereocenters. The lowest BCUT2D eigenvalue weighted by molar-refractivity contribution is -0.188. The Bertz CT molecular complexity index is 441. The van der Waals surface area contributed by atoms with Crippen molar-refractivity contribution in [1.29, 1.82) is 0 Å². The second-order valence-corrected chi connectivity index (χ2v) is 7.78. The highest BCUT2D eigenvalue weighted by atomic mass is 32.2. The van der Waals surface area contributed by atoms with E-state index in [1.807, 2.05) is 0 Å². The monoisotopic (exact) mass is 301 g/mol. The smallest absolute Gasteiger partial charge is 0.380 e. The van der Waals surface area contributed by atoms with E-state index in [0.717, 1.165) is 4.31 Å². The van der Waals surface area contributed by atoms with Gasteiger partial charge in [0.2, 0.25) is 10.0 Å². The van der Waals surface area contributed by atoms with E-state index in [1.54, 1.807) is 0 Å². The van der Waals surface area contributed by atoms with Crippen molar-refractivity contribution < 1.29 is 26.3 Å². The Morgan fingerprint density at radius 2 is 1.89 bits per heavy atom. The Morgan fingerprint density at radius 1 is 1.26 bits per heavy atom. The molecule has 2 heterocycles. The van der Waals surface area contributed by atoms with Crippen molar-refractivity contribution in [2.24, 2.45) is 5.92 Å². The van der Waals surface area contributed by atoms with E-state index in [0.29, 0.717) is 13.0 Å². The molecule has 2 aliphatic rings. The Morgan fingerprint density at radius 3 is 2.32 bits per heavy atom. The van der Waals surface area contributed by atoms with Crippen LogP contribution < -0.4 is 0 Å². The average Bonchev–Trinajstić information content (AvgIpc) is 2.82. The fourth-order valence-electron chi connectivity index (χ4n) is 3.01. The molecule has 19 heavy (non-hydrogen) atoms. The number of halogens is 3. The summed E-state index contributed by atoms with van der Waals surface area (Å²) in [5.74, 6) is -1.61. The van der Waals surface area contributed by atoms with Crippen LogP contribution in [0.5, 0.6) is 0 Å². The molecule has 2 rings (SSSR count). The summed E-state index contributed by atoms with van der Waals surface area (Å²) in [5.41, 5.74) is -1.43. The Labute approximate surface area is 111 Å². The Balaban J connectivity index is 2.27. The normalized spacial score (nSPS) is 32.9. The summed E-state index contributed by atoms with van der Waals surface area (Å²) >= 11 is 0. The molecular weight excluding hydrogens is 283 g/mol. The molecule has 2 saturated heterocycles. The molecule has 0 amide bonds. The lowest BCUT2D eigenvalue weighted by atomic mass is 9.89. The first-order valence-corrected chi connectivity index (χ1v) is 7.74. The maximum atomic E-state index is 12.9. The van der Waals surface area contributed by atoms with Gasteiger partial charge >= 0.3 is 6.18 Å². The molecule has 0 saturated carbocycles. The van der Waals surface area contributed by atoms with E-state index in [2.05, 4.69) is 0 Å². The Kier molecular flexibility index (Phi) is 3.64. The van der Waals surface area contributed by atoms with Crippen molar-refractivity contribution in [2.75, 3.05) is 19.8 Å². The van der Waals surface area contributed by atoms with Crippen LogP contribution in [-0.2, 0) is 14.8 Å². The van der Waals surface area contributed by atoms with Crippen molar-refractivity contribution >= 4 is 10.0 Å². The summed E-state index contributed by atoms with van der Waals surface area (Å²) in [6, 6.07) is 0. The summed E-state index contributed by atoms with van der Waals surface area (Å²) in [5, 5.41) is -0.709. The molecule has 8 heteroatoms. The molecule has 2 fully saturated rings. The summed E-state index contributed by atoms with van der Waals surface area (Å²) in [7, 11) is -3.73. The molecule has 0 radical (unpaired) electrons. The molecule has 2 atom stereocenters. The average molecular weight is 301 g/mol. The number of hydrogen-bond acceptors (Lipinski definition) is 3. The van der Waals surface area contributed by atoms with Crippen molar-refractivity contribution in [3.05, 3.63) is 0 Å². The maximum absolute atomic E-state index is 12.9. The van der Waals surface area contributed by atoms with Crippen LogP contribution in [0.15, 0.2) is 0 Å². The van der Waals surface area contributed by atoms with Crippen LogP contribution in [0.3, 0.4) is 0 Å². The zero-order chi connectivity index (χ0) is 14.5. The van der Waals surface area contributed by atoms with Gasteiger partial charge in [-0.2, -0.15) is 17.5 Å². The molecular formula is C11H18F3NO3S. The highest BCUT2D eigenvalue weighted by Crippen LogP contribution is 2.46. The second-order valence-electron chi connectivity index (χ2n) is 5.64. The molecule has 0 N–H and O–H groups in total. The largest absolute Gasteiger partial charge is 0.393 e. The van der Waals surface area contributed by atoms with Gasteiger partial charge in [-0.15, -0.1) is 0 Å². The van der Waals surface area contributed by atoms with E-state index >= 15 is 0 Å². The molecule has 0 aromatic rings. The van der Waals surface area contributed by atoms with Crippen molar-refractivity contribution in [3.63, 3.8) is 0 Å². The molecule has 0 aromatic heterocycles. The minimum absolute atomic E-state index is 0.0734. The standard InChI is InChI=1S/C11H18F3NO3S/c1-10(2)9(11(12,13)14)3-5-15(10)19(16,17)8-4-6-18-7-8/h8-9H,3-7H2,1-2H3. The van der Waals surface area contributed by atoms with Crippen molar-refractivity contribution in [1.82, 2.24) is 4.31 Å². The first-order chi connectivity index (χ1) is 8.58. The zero-order valence-electron chi connectivity index (χ0n) is 10.9. The summed E-state index contributed by atoms with van der Waals surface area (Å²) in [4.78, 5) is 0. The molecule has 112 valence electrons. The molecule has 0 bridgehead atoms. The lowest BCUT2D eigenvalue weighted by Gasteiger charge is -2.37. The minimum Gasteiger partial charge on any atom is -0.380 e. The van der Waals surface area contributed by atoms with Crippen molar-refractivity contribution in [2.45, 2.75) is 43.7 Å². The minimum atomic E-state index is -4.38. The molecule has 0 spiro atoms. The summed E-state index contributed by atoms with van der Waals surface area (Å²) in [6.45, 7) is 3.06. The van der Waals surface area contributed by atoms with Crippen LogP contribution in [0.2, 0.25) is 0 Å². The quantitative estimate of drug-likeness (QED) is 0.781. The molecule has 0 aliphatic carbocycles. The highest BCUT2D eigenvalue weighted by molar-refractivity contribution is 7.89. The predicted molar refractivity (Wildman–Crippen MR) is 63.1 cm³/mol. The van der Waals surface area contributed by atoms with Gasteiger partial charge in [-0.3, -0.25) is 0 Å². The van der Waals surface area contributed by atoms with E-state index in [4.69, 9.17) is 4.74 Å². The van der Waals surface area contributed by atoms with Crippen LogP contribution in [0, 0.1) is 5.92 Å². The molecule has 2 aliphatic heterocycles. The number of rotatable bonds is 2. The second kappa shape index (κ2) is 4.60.